The van der Waals surface area contributed by atoms with E-state index in [9.17, 15) is 0 Å². The van der Waals surface area contributed by atoms with Crippen LogP contribution in [0.2, 0.25) is 5.54 Å². The SMILES string of the molecule is c1ccc(CN2OC[C@@H]3[C@H]2[C@@H](c2ccccc2)O[Si]3(c2ccccc2)c2ccccc2)cc1. The first-order valence-electron chi connectivity index (χ1n) is 11.6. The molecule has 3 atom stereocenters. The van der Waals surface area contributed by atoms with Crippen LogP contribution in [-0.4, -0.2) is 26.0 Å². The maximum Gasteiger partial charge on any atom is 0.263 e. The Labute approximate surface area is 196 Å². The zero-order valence-electron chi connectivity index (χ0n) is 18.5. The monoisotopic (exact) mass is 449 g/mol. The lowest BCUT2D eigenvalue weighted by molar-refractivity contribution is -0.155. The van der Waals surface area contributed by atoms with Crippen molar-refractivity contribution < 1.29 is 9.26 Å². The predicted octanol–water partition coefficient (Wildman–Crippen LogP) is 4.70. The predicted molar refractivity (Wildman–Crippen MR) is 134 cm³/mol. The van der Waals surface area contributed by atoms with Crippen molar-refractivity contribution in [2.24, 2.45) is 0 Å². The van der Waals surface area contributed by atoms with E-state index in [4.69, 9.17) is 9.26 Å². The number of fused-ring (bicyclic) bond motifs is 1. The van der Waals surface area contributed by atoms with Gasteiger partial charge in [0.2, 0.25) is 0 Å². The minimum absolute atomic E-state index is 0.0468. The van der Waals surface area contributed by atoms with Crippen LogP contribution in [0.1, 0.15) is 17.2 Å². The number of hydrogen-bond donors (Lipinski definition) is 0. The van der Waals surface area contributed by atoms with Crippen LogP contribution in [0.3, 0.4) is 0 Å². The van der Waals surface area contributed by atoms with Crippen molar-refractivity contribution in [3.63, 3.8) is 0 Å². The van der Waals surface area contributed by atoms with E-state index in [2.05, 4.69) is 126 Å². The quantitative estimate of drug-likeness (QED) is 0.412. The molecule has 0 bridgehead atoms. The average Bonchev–Trinajstić information content (AvgIpc) is 3.46. The third kappa shape index (κ3) is 3.56. The van der Waals surface area contributed by atoms with E-state index in [1.54, 1.807) is 0 Å². The first-order chi connectivity index (χ1) is 16.4. The molecule has 2 aliphatic heterocycles. The molecule has 0 saturated carbocycles. The van der Waals surface area contributed by atoms with Crippen LogP contribution >= 0.6 is 0 Å². The van der Waals surface area contributed by atoms with Gasteiger partial charge in [0.15, 0.2) is 0 Å². The van der Waals surface area contributed by atoms with E-state index in [0.717, 1.165) is 6.54 Å². The standard InChI is InChI=1S/C29H27NO2Si/c1-5-13-23(14-6-1)21-30-28-27(22-31-30)33(25-17-9-3-10-18-25,26-19-11-4-12-20-26)32-29(28)24-15-7-2-8-16-24/h1-20,27-29H,21-22H2/t27-,28+,29-/m1/s1. The molecule has 4 aromatic carbocycles. The fourth-order valence-corrected chi connectivity index (χ4v) is 10.4. The van der Waals surface area contributed by atoms with Crippen molar-refractivity contribution in [1.82, 2.24) is 5.06 Å². The van der Waals surface area contributed by atoms with Gasteiger partial charge in [-0.1, -0.05) is 121 Å². The normalized spacial score (nSPS) is 23.9. The number of nitrogens with zero attached hydrogens (tertiary/aromatic N) is 1. The van der Waals surface area contributed by atoms with Crippen molar-refractivity contribution in [2.75, 3.05) is 6.61 Å². The number of hydroxylamine groups is 2. The Bertz CT molecular complexity index is 1150. The van der Waals surface area contributed by atoms with Gasteiger partial charge < -0.3 is 4.43 Å². The van der Waals surface area contributed by atoms with Gasteiger partial charge in [-0.05, 0) is 21.5 Å². The molecule has 3 nitrogen and oxygen atoms in total. The van der Waals surface area contributed by atoms with Gasteiger partial charge in [0, 0.05) is 12.1 Å². The Morgan fingerprint density at radius 1 is 0.667 bits per heavy atom. The smallest absolute Gasteiger partial charge is 0.263 e. The average molecular weight is 450 g/mol. The van der Waals surface area contributed by atoms with E-state index >= 15 is 0 Å². The molecular formula is C29H27NO2Si. The lowest BCUT2D eigenvalue weighted by Crippen LogP contribution is -2.62. The third-order valence-electron chi connectivity index (χ3n) is 7.02. The van der Waals surface area contributed by atoms with E-state index in [1.807, 2.05) is 0 Å². The van der Waals surface area contributed by atoms with Gasteiger partial charge >= 0.3 is 0 Å². The molecule has 4 aromatic rings. The van der Waals surface area contributed by atoms with Gasteiger partial charge in [-0.2, -0.15) is 5.06 Å². The van der Waals surface area contributed by atoms with Crippen LogP contribution in [0.15, 0.2) is 121 Å². The van der Waals surface area contributed by atoms with Crippen LogP contribution in [0.4, 0.5) is 0 Å². The fourth-order valence-electron chi connectivity index (χ4n) is 5.56. The molecule has 33 heavy (non-hydrogen) atoms. The first-order valence-corrected chi connectivity index (χ1v) is 13.6. The molecule has 0 aliphatic carbocycles. The van der Waals surface area contributed by atoms with Crippen LogP contribution in [0, 0.1) is 0 Å². The Balaban J connectivity index is 1.49. The largest absolute Gasteiger partial charge is 0.399 e. The molecule has 164 valence electrons. The van der Waals surface area contributed by atoms with Crippen molar-refractivity contribution in [3.05, 3.63) is 132 Å². The van der Waals surface area contributed by atoms with Crippen molar-refractivity contribution in [3.8, 4) is 0 Å². The van der Waals surface area contributed by atoms with Gasteiger partial charge in [-0.3, -0.25) is 4.84 Å². The molecule has 2 fully saturated rings. The van der Waals surface area contributed by atoms with Crippen LogP contribution in [-0.2, 0) is 15.8 Å². The molecule has 0 unspecified atom stereocenters. The van der Waals surface area contributed by atoms with Crippen molar-refractivity contribution in [2.45, 2.75) is 24.2 Å². The zero-order valence-corrected chi connectivity index (χ0v) is 19.5. The van der Waals surface area contributed by atoms with E-state index in [0.29, 0.717) is 6.61 Å². The molecule has 0 spiro atoms. The molecule has 0 amide bonds. The summed E-state index contributed by atoms with van der Waals surface area (Å²) in [4.78, 5) is 6.46. The second-order valence-corrected chi connectivity index (χ2v) is 12.5. The molecule has 2 saturated heterocycles. The summed E-state index contributed by atoms with van der Waals surface area (Å²) in [5, 5.41) is 4.82. The van der Waals surface area contributed by atoms with Crippen molar-refractivity contribution >= 4 is 18.7 Å². The van der Waals surface area contributed by atoms with E-state index in [-0.39, 0.29) is 17.7 Å². The second-order valence-electron chi connectivity index (χ2n) is 8.87. The van der Waals surface area contributed by atoms with Crippen molar-refractivity contribution in [1.29, 1.82) is 0 Å². The Kier molecular flexibility index (Phi) is 5.44. The van der Waals surface area contributed by atoms with Crippen LogP contribution in [0.25, 0.3) is 0 Å². The summed E-state index contributed by atoms with van der Waals surface area (Å²) >= 11 is 0. The van der Waals surface area contributed by atoms with Gasteiger partial charge in [-0.25, -0.2) is 0 Å². The zero-order chi connectivity index (χ0) is 22.1. The molecule has 0 aromatic heterocycles. The maximum absolute atomic E-state index is 7.36. The first kappa shape index (κ1) is 20.6. The minimum Gasteiger partial charge on any atom is -0.399 e. The summed E-state index contributed by atoms with van der Waals surface area (Å²) in [6.07, 6.45) is -0.0468. The summed E-state index contributed by atoms with van der Waals surface area (Å²) in [5.74, 6) is 0. The highest BCUT2D eigenvalue weighted by Gasteiger charge is 2.64. The van der Waals surface area contributed by atoms with Gasteiger partial charge in [-0.15, -0.1) is 0 Å². The Hall–Kier alpha value is -3.02. The Morgan fingerprint density at radius 2 is 1.18 bits per heavy atom. The van der Waals surface area contributed by atoms with Crippen LogP contribution < -0.4 is 10.4 Å². The highest BCUT2D eigenvalue weighted by Crippen LogP contribution is 2.51. The molecule has 6 rings (SSSR count). The van der Waals surface area contributed by atoms with E-state index < -0.39 is 8.32 Å². The fraction of sp³-hybridized carbons (Fsp3) is 0.172. The highest BCUT2D eigenvalue weighted by molar-refractivity contribution is 6.99. The summed E-state index contributed by atoms with van der Waals surface area (Å²) in [6, 6.07) is 43.2. The molecular weight excluding hydrogens is 422 g/mol. The molecule has 2 heterocycles. The van der Waals surface area contributed by atoms with Gasteiger partial charge in [0.25, 0.3) is 8.32 Å². The summed E-state index contributed by atoms with van der Waals surface area (Å²) in [6.45, 7) is 1.43. The maximum atomic E-state index is 7.36. The minimum atomic E-state index is -2.59. The Morgan fingerprint density at radius 3 is 1.76 bits per heavy atom. The van der Waals surface area contributed by atoms with Gasteiger partial charge in [0.1, 0.15) is 0 Å². The number of hydrogen-bond acceptors (Lipinski definition) is 3. The molecule has 2 aliphatic rings. The summed E-state index contributed by atoms with van der Waals surface area (Å²) < 4.78 is 7.36. The lowest BCUT2D eigenvalue weighted by Gasteiger charge is -2.32. The summed E-state index contributed by atoms with van der Waals surface area (Å²) in [7, 11) is -2.59. The van der Waals surface area contributed by atoms with Gasteiger partial charge in [0.05, 0.1) is 18.8 Å². The number of benzene rings is 4. The highest BCUT2D eigenvalue weighted by atomic mass is 28.4. The second kappa shape index (κ2) is 8.73. The molecule has 0 N–H and O–H groups in total. The molecule has 4 heteroatoms. The molecule has 0 radical (unpaired) electrons. The lowest BCUT2D eigenvalue weighted by atomic mass is 10.00. The number of rotatable bonds is 5. The van der Waals surface area contributed by atoms with Crippen LogP contribution in [0.5, 0.6) is 0 Å². The van der Waals surface area contributed by atoms with E-state index in [1.165, 1.54) is 21.5 Å². The summed E-state index contributed by atoms with van der Waals surface area (Å²) in [5.41, 5.74) is 2.76. The topological polar surface area (TPSA) is 21.7 Å². The third-order valence-corrected chi connectivity index (χ3v) is 11.6.